The highest BCUT2D eigenvalue weighted by Gasteiger charge is 2.31. The van der Waals surface area contributed by atoms with Gasteiger partial charge in [0.15, 0.2) is 0 Å². The summed E-state index contributed by atoms with van der Waals surface area (Å²) in [6, 6.07) is 7.06. The summed E-state index contributed by atoms with van der Waals surface area (Å²) in [5, 5.41) is 0. The molecular formula is C18H30. The maximum atomic E-state index is 2.41. The first-order valence-electron chi connectivity index (χ1n) is 7.61. The lowest BCUT2D eigenvalue weighted by molar-refractivity contribution is 0.327. The molecule has 1 aromatic rings. The Bertz CT molecular complexity index is 376. The fourth-order valence-corrected chi connectivity index (χ4v) is 3.10. The van der Waals surface area contributed by atoms with Crippen molar-refractivity contribution in [3.8, 4) is 0 Å². The lowest BCUT2D eigenvalue weighted by Crippen LogP contribution is -2.23. The minimum absolute atomic E-state index is 0.727. The van der Waals surface area contributed by atoms with Crippen LogP contribution in [0.15, 0.2) is 18.2 Å². The van der Waals surface area contributed by atoms with E-state index in [4.69, 9.17) is 0 Å². The Hall–Kier alpha value is -0.780. The first kappa shape index (κ1) is 15.3. The normalized spacial score (nSPS) is 26.3. The van der Waals surface area contributed by atoms with Crippen LogP contribution in [0.5, 0.6) is 0 Å². The predicted octanol–water partition coefficient (Wildman–Crippen LogP) is 5.90. The van der Waals surface area contributed by atoms with E-state index in [0.717, 1.165) is 23.7 Å². The van der Waals surface area contributed by atoms with E-state index in [1.54, 1.807) is 11.1 Å². The smallest absolute Gasteiger partial charge is 0.0133 e. The van der Waals surface area contributed by atoms with Gasteiger partial charge in [0.25, 0.3) is 0 Å². The van der Waals surface area contributed by atoms with Crippen LogP contribution in [0, 0.1) is 18.8 Å². The summed E-state index contributed by atoms with van der Waals surface area (Å²) in [6.07, 6.45) is 1.36. The Morgan fingerprint density at radius 2 is 1.67 bits per heavy atom. The van der Waals surface area contributed by atoms with Gasteiger partial charge in [-0.25, -0.2) is 0 Å². The molecule has 3 atom stereocenters. The molecule has 0 N–H and O–H groups in total. The summed E-state index contributed by atoms with van der Waals surface area (Å²) in [5.41, 5.74) is 4.63. The van der Waals surface area contributed by atoms with Crippen LogP contribution in [-0.2, 0) is 0 Å². The quantitative estimate of drug-likeness (QED) is 0.578. The Morgan fingerprint density at radius 3 is 2.22 bits per heavy atom. The number of benzene rings is 1. The summed E-state index contributed by atoms with van der Waals surface area (Å²) >= 11 is 0. The van der Waals surface area contributed by atoms with Crippen molar-refractivity contribution in [3.05, 3.63) is 34.9 Å². The van der Waals surface area contributed by atoms with Crippen LogP contribution in [-0.4, -0.2) is 0 Å². The van der Waals surface area contributed by atoms with Gasteiger partial charge in [-0.05, 0) is 48.1 Å². The van der Waals surface area contributed by atoms with Gasteiger partial charge >= 0.3 is 0 Å². The summed E-state index contributed by atoms with van der Waals surface area (Å²) in [4.78, 5) is 0. The van der Waals surface area contributed by atoms with Crippen molar-refractivity contribution in [2.45, 2.75) is 66.7 Å². The van der Waals surface area contributed by atoms with Crippen LogP contribution in [0.4, 0.5) is 0 Å². The van der Waals surface area contributed by atoms with E-state index < -0.39 is 0 Å². The third kappa shape index (κ3) is 2.96. The molecule has 18 heavy (non-hydrogen) atoms. The summed E-state index contributed by atoms with van der Waals surface area (Å²) in [5.74, 6) is 3.07. The largest absolute Gasteiger partial charge is 0.0683 e. The number of hydrogen-bond acceptors (Lipinski definition) is 0. The molecule has 0 radical (unpaired) electrons. The van der Waals surface area contributed by atoms with Crippen LogP contribution in [0.25, 0.3) is 0 Å². The van der Waals surface area contributed by atoms with Gasteiger partial charge in [-0.3, -0.25) is 0 Å². The number of hydrogen-bond donors (Lipinski definition) is 0. The average Bonchev–Trinajstić information content (AvgIpc) is 2.36. The third-order valence-electron chi connectivity index (χ3n) is 4.42. The van der Waals surface area contributed by atoms with Crippen LogP contribution in [0.1, 0.15) is 76.5 Å². The molecule has 0 aliphatic heterocycles. The predicted molar refractivity (Wildman–Crippen MR) is 82.3 cm³/mol. The van der Waals surface area contributed by atoms with Crippen molar-refractivity contribution in [2.24, 2.45) is 11.8 Å². The fourth-order valence-electron chi connectivity index (χ4n) is 3.10. The minimum Gasteiger partial charge on any atom is -0.0683 e. The van der Waals surface area contributed by atoms with Gasteiger partial charge in [0.05, 0.1) is 0 Å². The molecule has 1 aliphatic rings. The molecule has 0 spiro atoms. The lowest BCUT2D eigenvalue weighted by Gasteiger charge is -2.37. The molecular weight excluding hydrogens is 216 g/mol. The van der Waals surface area contributed by atoms with E-state index in [1.165, 1.54) is 12.0 Å². The lowest BCUT2D eigenvalue weighted by atomic mass is 9.68. The Balaban J connectivity index is 0.000000771. The topological polar surface area (TPSA) is 0 Å². The van der Waals surface area contributed by atoms with Gasteiger partial charge in [0, 0.05) is 0 Å². The van der Waals surface area contributed by atoms with Crippen molar-refractivity contribution >= 4 is 0 Å². The van der Waals surface area contributed by atoms with Gasteiger partial charge in [-0.15, -0.1) is 0 Å². The van der Waals surface area contributed by atoms with Crippen molar-refractivity contribution < 1.29 is 0 Å². The number of aryl methyl sites for hydroxylation is 1. The molecule has 0 heterocycles. The zero-order chi connectivity index (χ0) is 13.9. The molecule has 102 valence electrons. The highest BCUT2D eigenvalue weighted by Crippen LogP contribution is 2.45. The SMILES string of the molecule is CC.Cc1ccc2c(c1)C(C)C(C)CC2C(C)C. The van der Waals surface area contributed by atoms with E-state index in [1.807, 2.05) is 13.8 Å². The third-order valence-corrected chi connectivity index (χ3v) is 4.42. The molecule has 1 aliphatic carbocycles. The summed E-state index contributed by atoms with van der Waals surface area (Å²) in [7, 11) is 0. The summed E-state index contributed by atoms with van der Waals surface area (Å²) in [6.45, 7) is 15.7. The zero-order valence-corrected chi connectivity index (χ0v) is 13.2. The molecule has 2 rings (SSSR count). The Labute approximate surface area is 114 Å². The van der Waals surface area contributed by atoms with E-state index in [0.29, 0.717) is 0 Å². The van der Waals surface area contributed by atoms with Crippen LogP contribution >= 0.6 is 0 Å². The van der Waals surface area contributed by atoms with Crippen molar-refractivity contribution in [2.75, 3.05) is 0 Å². The van der Waals surface area contributed by atoms with Crippen molar-refractivity contribution in [1.29, 1.82) is 0 Å². The molecule has 0 amide bonds. The van der Waals surface area contributed by atoms with Gasteiger partial charge in [0.1, 0.15) is 0 Å². The van der Waals surface area contributed by atoms with Gasteiger partial charge in [0.2, 0.25) is 0 Å². The first-order valence-corrected chi connectivity index (χ1v) is 7.61. The second-order valence-electron chi connectivity index (χ2n) is 5.98. The number of rotatable bonds is 1. The monoisotopic (exact) mass is 246 g/mol. The molecule has 0 saturated heterocycles. The van der Waals surface area contributed by atoms with Gasteiger partial charge < -0.3 is 0 Å². The molecule has 0 aromatic heterocycles. The highest BCUT2D eigenvalue weighted by atomic mass is 14.4. The van der Waals surface area contributed by atoms with E-state index in [9.17, 15) is 0 Å². The first-order chi connectivity index (χ1) is 8.50. The fraction of sp³-hybridized carbons (Fsp3) is 0.667. The van der Waals surface area contributed by atoms with E-state index in [2.05, 4.69) is 52.8 Å². The molecule has 1 aromatic carbocycles. The second-order valence-corrected chi connectivity index (χ2v) is 5.98. The zero-order valence-electron chi connectivity index (χ0n) is 13.2. The van der Waals surface area contributed by atoms with Crippen molar-refractivity contribution in [1.82, 2.24) is 0 Å². The molecule has 0 fully saturated rings. The van der Waals surface area contributed by atoms with Crippen LogP contribution in [0.3, 0.4) is 0 Å². The molecule has 0 nitrogen and oxygen atoms in total. The van der Waals surface area contributed by atoms with Crippen molar-refractivity contribution in [3.63, 3.8) is 0 Å². The Kier molecular flexibility index (Phi) is 5.44. The molecule has 0 saturated carbocycles. The molecule has 0 bridgehead atoms. The minimum atomic E-state index is 0.727. The maximum Gasteiger partial charge on any atom is -0.0133 e. The van der Waals surface area contributed by atoms with Gasteiger partial charge in [-0.1, -0.05) is 65.3 Å². The van der Waals surface area contributed by atoms with E-state index in [-0.39, 0.29) is 0 Å². The average molecular weight is 246 g/mol. The van der Waals surface area contributed by atoms with Gasteiger partial charge in [-0.2, -0.15) is 0 Å². The molecule has 0 heteroatoms. The van der Waals surface area contributed by atoms with E-state index >= 15 is 0 Å². The summed E-state index contributed by atoms with van der Waals surface area (Å²) < 4.78 is 0. The Morgan fingerprint density at radius 1 is 1.06 bits per heavy atom. The highest BCUT2D eigenvalue weighted by molar-refractivity contribution is 5.39. The standard InChI is InChI=1S/C16H24.C2H6/c1-10(2)15-9-12(4)13(5)16-8-11(3)6-7-14(15)16;1-2/h6-8,10,12-13,15H,9H2,1-5H3;1-2H3. The molecule has 3 unspecified atom stereocenters. The van der Waals surface area contributed by atoms with Crippen LogP contribution in [0.2, 0.25) is 0 Å². The second kappa shape index (κ2) is 6.41. The maximum absolute atomic E-state index is 2.41. The van der Waals surface area contributed by atoms with Crippen LogP contribution < -0.4 is 0 Å². The number of fused-ring (bicyclic) bond motifs is 1.